The van der Waals surface area contributed by atoms with Crippen molar-refractivity contribution in [2.75, 3.05) is 14.2 Å². The van der Waals surface area contributed by atoms with Crippen LogP contribution in [-0.4, -0.2) is 59.3 Å². The summed E-state index contributed by atoms with van der Waals surface area (Å²) >= 11 is 7.17. The number of carbonyl (C=O) groups is 3. The van der Waals surface area contributed by atoms with Gasteiger partial charge in [0.25, 0.3) is 0 Å². The number of methoxy groups -OCH3 is 2. The molecule has 1 amide bonds. The fourth-order valence-corrected chi connectivity index (χ4v) is 9.90. The van der Waals surface area contributed by atoms with E-state index in [-0.39, 0.29) is 24.1 Å². The number of aliphatic hydroxyl groups is 1. The van der Waals surface area contributed by atoms with Gasteiger partial charge in [-0.05, 0) is 97.1 Å². The Labute approximate surface area is 291 Å². The number of aliphatic carboxylic acids is 1. The molecule has 10 heteroatoms. The van der Waals surface area contributed by atoms with E-state index in [1.54, 1.807) is 20.1 Å². The van der Waals surface area contributed by atoms with E-state index in [2.05, 4.69) is 0 Å². The van der Waals surface area contributed by atoms with E-state index in [1.807, 2.05) is 43.3 Å². The molecule has 258 valence electrons. The molecular formula is C39H42ClNO8. The molecule has 4 atom stereocenters. The number of halogens is 1. The summed E-state index contributed by atoms with van der Waals surface area (Å²) in [6.07, 6.45) is 8.23. The second-order valence-electron chi connectivity index (χ2n) is 14.3. The Morgan fingerprint density at radius 1 is 1.00 bits per heavy atom. The quantitative estimate of drug-likeness (QED) is 0.124. The topological polar surface area (TPSA) is 123 Å². The standard InChI is InChI=1S/C39H42ClNO8/c1-19-30(35(39(45)46)41-34(19)31(20(2)42)38(41)44)24-7-5-21(6-8-24)18-49-36-25(10-12-29(43)47-3)9-11-28(33(36)40)37(48-4)32-26-14-22-13-23(16-26)17-27(32)15-22/h5-12,19-20,22-23,26-27,31,34,42H,13-18H2,1-4H3,(H,45,46)/b12-10+,37-32?/t19-,20+,22-,23+,26?,27?,31+,34+/m0/s1. The van der Waals surface area contributed by atoms with Crippen molar-refractivity contribution < 1.29 is 38.8 Å². The number of amides is 1. The second-order valence-corrected chi connectivity index (χ2v) is 14.7. The van der Waals surface area contributed by atoms with Crippen molar-refractivity contribution in [3.63, 3.8) is 0 Å². The Morgan fingerprint density at radius 2 is 1.65 bits per heavy atom. The zero-order valence-electron chi connectivity index (χ0n) is 28.1. The average Bonchev–Trinajstić information content (AvgIpc) is 3.33. The van der Waals surface area contributed by atoms with Crippen LogP contribution in [0.25, 0.3) is 17.4 Å². The zero-order chi connectivity index (χ0) is 34.7. The van der Waals surface area contributed by atoms with Crippen LogP contribution in [0.15, 0.2) is 53.7 Å². The second kappa shape index (κ2) is 13.0. The number of fused-ring (bicyclic) bond motifs is 1. The smallest absolute Gasteiger partial charge is 0.352 e. The van der Waals surface area contributed by atoms with Crippen molar-refractivity contribution in [1.82, 2.24) is 4.90 Å². The number of esters is 1. The van der Waals surface area contributed by atoms with Gasteiger partial charge in [0.05, 0.1) is 37.3 Å². The van der Waals surface area contributed by atoms with Gasteiger partial charge in [-0.1, -0.05) is 48.9 Å². The van der Waals surface area contributed by atoms with Gasteiger partial charge in [0, 0.05) is 23.1 Å². The maximum absolute atomic E-state index is 12.8. The van der Waals surface area contributed by atoms with Gasteiger partial charge in [-0.3, -0.25) is 4.79 Å². The third-order valence-corrected chi connectivity index (χ3v) is 11.9. The molecule has 4 saturated carbocycles. The van der Waals surface area contributed by atoms with Crippen LogP contribution in [0.3, 0.4) is 0 Å². The van der Waals surface area contributed by atoms with E-state index in [1.165, 1.54) is 55.8 Å². The third-order valence-electron chi connectivity index (χ3n) is 11.5. The highest BCUT2D eigenvalue weighted by atomic mass is 35.5. The van der Waals surface area contributed by atoms with Crippen LogP contribution >= 0.6 is 11.6 Å². The minimum atomic E-state index is -1.17. The maximum Gasteiger partial charge on any atom is 0.352 e. The molecule has 2 aromatic rings. The molecule has 2 aliphatic heterocycles. The highest BCUT2D eigenvalue weighted by Crippen LogP contribution is 2.58. The lowest BCUT2D eigenvalue weighted by Gasteiger charge is -2.51. The molecule has 8 rings (SSSR count). The summed E-state index contributed by atoms with van der Waals surface area (Å²) in [5.41, 5.74) is 4.79. The number of hydrogen-bond donors (Lipinski definition) is 2. The van der Waals surface area contributed by atoms with Gasteiger partial charge in [-0.15, -0.1) is 0 Å². The van der Waals surface area contributed by atoms with Crippen molar-refractivity contribution in [3.05, 3.63) is 81.0 Å². The summed E-state index contributed by atoms with van der Waals surface area (Å²) in [5.74, 6) is 0.916. The molecule has 0 aromatic heterocycles. The number of rotatable bonds is 10. The summed E-state index contributed by atoms with van der Waals surface area (Å²) in [6.45, 7) is 3.61. The zero-order valence-corrected chi connectivity index (χ0v) is 28.9. The first-order valence-corrected chi connectivity index (χ1v) is 17.5. The molecule has 0 unspecified atom stereocenters. The summed E-state index contributed by atoms with van der Waals surface area (Å²) in [4.78, 5) is 38.4. The van der Waals surface area contributed by atoms with Gasteiger partial charge in [0.1, 0.15) is 23.8 Å². The van der Waals surface area contributed by atoms with E-state index in [4.69, 9.17) is 25.8 Å². The first kappa shape index (κ1) is 33.4. The Balaban J connectivity index is 1.18. The normalized spacial score (nSPS) is 28.9. The lowest BCUT2D eigenvalue weighted by Crippen LogP contribution is -2.63. The Kier molecular flexibility index (Phi) is 8.86. The van der Waals surface area contributed by atoms with Gasteiger partial charge < -0.3 is 29.3 Å². The molecule has 4 aliphatic carbocycles. The molecular weight excluding hydrogens is 646 g/mol. The first-order valence-electron chi connectivity index (χ1n) is 17.1. The summed E-state index contributed by atoms with van der Waals surface area (Å²) < 4.78 is 17.3. The van der Waals surface area contributed by atoms with Crippen molar-refractivity contribution in [2.45, 2.75) is 64.7 Å². The van der Waals surface area contributed by atoms with Crippen LogP contribution in [0, 0.1) is 35.5 Å². The number of carbonyl (C=O) groups excluding carboxylic acids is 2. The monoisotopic (exact) mass is 687 g/mol. The molecule has 0 radical (unpaired) electrons. The molecule has 2 aromatic carbocycles. The Bertz CT molecular complexity index is 1760. The van der Waals surface area contributed by atoms with Crippen LogP contribution in [0.4, 0.5) is 0 Å². The molecule has 9 nitrogen and oxygen atoms in total. The van der Waals surface area contributed by atoms with E-state index >= 15 is 0 Å². The van der Waals surface area contributed by atoms with Crippen molar-refractivity contribution >= 4 is 46.9 Å². The summed E-state index contributed by atoms with van der Waals surface area (Å²) in [5, 5.41) is 20.7. The number of β-lactam (4-membered cyclic amide) rings is 1. The molecule has 0 spiro atoms. The minimum Gasteiger partial charge on any atom is -0.496 e. The van der Waals surface area contributed by atoms with Crippen molar-refractivity contribution in [2.24, 2.45) is 35.5 Å². The molecule has 2 heterocycles. The van der Waals surface area contributed by atoms with E-state index in [0.717, 1.165) is 28.7 Å². The predicted molar refractivity (Wildman–Crippen MR) is 184 cm³/mol. The maximum atomic E-state index is 12.8. The highest BCUT2D eigenvalue weighted by Gasteiger charge is 2.60. The summed E-state index contributed by atoms with van der Waals surface area (Å²) in [7, 11) is 3.02. The van der Waals surface area contributed by atoms with Crippen molar-refractivity contribution in [1.29, 1.82) is 0 Å². The number of carboxylic acids is 1. The predicted octanol–water partition coefficient (Wildman–Crippen LogP) is 6.57. The third kappa shape index (κ3) is 5.65. The van der Waals surface area contributed by atoms with Crippen LogP contribution in [0.5, 0.6) is 5.75 Å². The fourth-order valence-electron chi connectivity index (χ4n) is 9.58. The van der Waals surface area contributed by atoms with E-state index in [0.29, 0.717) is 39.3 Å². The molecule has 49 heavy (non-hydrogen) atoms. The Hall–Kier alpha value is -4.08. The molecule has 5 fully saturated rings. The van der Waals surface area contributed by atoms with Crippen LogP contribution in [-0.2, 0) is 30.5 Å². The highest BCUT2D eigenvalue weighted by molar-refractivity contribution is 6.34. The number of carboxylic acid groups (broad SMARTS) is 1. The van der Waals surface area contributed by atoms with E-state index < -0.39 is 30.0 Å². The number of aliphatic hydroxyl groups excluding tert-OH is 1. The SMILES string of the molecule is COC(=O)/C=C/c1ccc(C(OC)=C2C3C[C@H]4CC2C[C@@H](C3)C4)c(Cl)c1OCc1ccc(C2=C(C(=O)O)N3C(=O)[C@H]([C@@H](C)O)[C@H]3[C@H]2C)cc1. The lowest BCUT2D eigenvalue weighted by molar-refractivity contribution is -0.163. The van der Waals surface area contributed by atoms with Gasteiger partial charge in [-0.25, -0.2) is 9.59 Å². The van der Waals surface area contributed by atoms with Gasteiger partial charge in [0.2, 0.25) is 5.91 Å². The largest absolute Gasteiger partial charge is 0.496 e. The Morgan fingerprint density at radius 3 is 2.22 bits per heavy atom. The molecule has 4 bridgehead atoms. The van der Waals surface area contributed by atoms with Crippen LogP contribution in [0.2, 0.25) is 5.02 Å². The van der Waals surface area contributed by atoms with Gasteiger partial charge >= 0.3 is 11.9 Å². The number of benzene rings is 2. The molecule has 1 saturated heterocycles. The number of allylic oxidation sites excluding steroid dienone is 1. The van der Waals surface area contributed by atoms with Crippen LogP contribution < -0.4 is 4.74 Å². The number of nitrogens with zero attached hydrogens (tertiary/aromatic N) is 1. The van der Waals surface area contributed by atoms with Crippen LogP contribution in [0.1, 0.15) is 68.2 Å². The summed E-state index contributed by atoms with van der Waals surface area (Å²) in [6, 6.07) is 10.8. The number of ether oxygens (including phenoxy) is 3. The molecule has 2 N–H and O–H groups in total. The average molecular weight is 688 g/mol. The lowest BCUT2D eigenvalue weighted by atomic mass is 9.54. The number of hydrogen-bond acceptors (Lipinski definition) is 7. The fraction of sp³-hybridized carbons (Fsp3) is 0.462. The van der Waals surface area contributed by atoms with E-state index in [9.17, 15) is 24.6 Å². The molecule has 6 aliphatic rings. The minimum absolute atomic E-state index is 0.0313. The van der Waals surface area contributed by atoms with Crippen molar-refractivity contribution in [3.8, 4) is 5.75 Å². The van der Waals surface area contributed by atoms with Gasteiger partial charge in [0.15, 0.2) is 0 Å². The van der Waals surface area contributed by atoms with Gasteiger partial charge in [-0.2, -0.15) is 0 Å². The first-order chi connectivity index (χ1) is 23.5.